The minimum atomic E-state index is -3.61. The molecule has 2 rings (SSSR count). The summed E-state index contributed by atoms with van der Waals surface area (Å²) in [5.41, 5.74) is 0.367. The molecule has 0 radical (unpaired) electrons. The first kappa shape index (κ1) is 17.7. The van der Waals surface area contributed by atoms with Gasteiger partial charge in [-0.25, -0.2) is 13.1 Å². The first-order valence-corrected chi connectivity index (χ1v) is 9.47. The highest BCUT2D eigenvalue weighted by Gasteiger charge is 2.23. The number of hydrogen-bond donors (Lipinski definition) is 2. The van der Waals surface area contributed by atoms with Crippen LogP contribution in [0.2, 0.25) is 0 Å². The van der Waals surface area contributed by atoms with Gasteiger partial charge in [-0.3, -0.25) is 4.79 Å². The van der Waals surface area contributed by atoms with Crippen LogP contribution in [-0.2, 0) is 14.8 Å². The van der Waals surface area contributed by atoms with Crippen molar-refractivity contribution in [1.29, 1.82) is 0 Å². The van der Waals surface area contributed by atoms with Crippen LogP contribution < -0.4 is 14.8 Å². The Kier molecular flexibility index (Phi) is 6.01. The lowest BCUT2D eigenvalue weighted by Gasteiger charge is -2.23. The molecule has 7 heteroatoms. The van der Waals surface area contributed by atoms with Crippen LogP contribution >= 0.6 is 0 Å². The van der Waals surface area contributed by atoms with Gasteiger partial charge in [-0.05, 0) is 38.0 Å². The number of carbonyl (C=O) groups is 1. The molecule has 128 valence electrons. The van der Waals surface area contributed by atoms with Gasteiger partial charge < -0.3 is 10.1 Å². The Labute approximate surface area is 137 Å². The molecule has 23 heavy (non-hydrogen) atoms. The average Bonchev–Trinajstić information content (AvgIpc) is 2.49. The predicted molar refractivity (Wildman–Crippen MR) is 89.1 cm³/mol. The van der Waals surface area contributed by atoms with E-state index in [1.807, 2.05) is 6.92 Å². The van der Waals surface area contributed by atoms with Crippen LogP contribution in [0.25, 0.3) is 0 Å². The van der Waals surface area contributed by atoms with E-state index in [-0.39, 0.29) is 16.8 Å². The average molecular weight is 340 g/mol. The van der Waals surface area contributed by atoms with Gasteiger partial charge in [0.1, 0.15) is 5.75 Å². The zero-order valence-electron chi connectivity index (χ0n) is 13.6. The van der Waals surface area contributed by atoms with Crippen LogP contribution in [0, 0.1) is 0 Å². The highest BCUT2D eigenvalue weighted by atomic mass is 32.2. The first-order valence-electron chi connectivity index (χ1n) is 7.99. The molecule has 0 spiro atoms. The minimum Gasteiger partial charge on any atom is -0.492 e. The topological polar surface area (TPSA) is 84.5 Å². The number of ether oxygens (including phenoxy) is 1. The van der Waals surface area contributed by atoms with E-state index in [0.29, 0.717) is 18.0 Å². The monoisotopic (exact) mass is 340 g/mol. The second kappa shape index (κ2) is 7.79. The van der Waals surface area contributed by atoms with Gasteiger partial charge in [0.25, 0.3) is 0 Å². The van der Waals surface area contributed by atoms with Gasteiger partial charge in [0.05, 0.1) is 17.2 Å². The van der Waals surface area contributed by atoms with Crippen molar-refractivity contribution in [1.82, 2.24) is 4.72 Å². The number of nitrogens with one attached hydrogen (secondary N) is 2. The summed E-state index contributed by atoms with van der Waals surface area (Å²) in [4.78, 5) is 11.5. The quantitative estimate of drug-likeness (QED) is 0.834. The van der Waals surface area contributed by atoms with Gasteiger partial charge in [-0.1, -0.05) is 19.3 Å². The predicted octanol–water partition coefficient (Wildman–Crippen LogP) is 2.65. The van der Waals surface area contributed by atoms with Crippen LogP contribution in [0.15, 0.2) is 23.1 Å². The van der Waals surface area contributed by atoms with E-state index in [1.54, 1.807) is 6.07 Å². The molecule has 0 unspecified atom stereocenters. The fourth-order valence-electron chi connectivity index (χ4n) is 2.75. The molecule has 6 nitrogen and oxygen atoms in total. The van der Waals surface area contributed by atoms with Crippen molar-refractivity contribution in [2.75, 3.05) is 11.9 Å². The summed E-state index contributed by atoms with van der Waals surface area (Å²) in [5, 5.41) is 2.62. The van der Waals surface area contributed by atoms with Crippen LogP contribution in [0.3, 0.4) is 0 Å². The van der Waals surface area contributed by atoms with Gasteiger partial charge in [0.15, 0.2) is 0 Å². The molecule has 0 heterocycles. The molecular weight excluding hydrogens is 316 g/mol. The van der Waals surface area contributed by atoms with Crippen molar-refractivity contribution in [3.63, 3.8) is 0 Å². The molecule has 1 fully saturated rings. The first-order chi connectivity index (χ1) is 10.9. The smallest absolute Gasteiger partial charge is 0.240 e. The Balaban J connectivity index is 2.24. The Morgan fingerprint density at radius 3 is 2.57 bits per heavy atom. The van der Waals surface area contributed by atoms with Crippen LogP contribution in [0.4, 0.5) is 5.69 Å². The van der Waals surface area contributed by atoms with Crippen LogP contribution in [0.5, 0.6) is 5.75 Å². The number of rotatable bonds is 6. The third-order valence-electron chi connectivity index (χ3n) is 3.80. The Morgan fingerprint density at radius 1 is 1.26 bits per heavy atom. The highest BCUT2D eigenvalue weighted by Crippen LogP contribution is 2.28. The maximum absolute atomic E-state index is 12.5. The highest BCUT2D eigenvalue weighted by molar-refractivity contribution is 7.89. The molecular formula is C16H24N2O4S. The van der Waals surface area contributed by atoms with Crippen molar-refractivity contribution in [2.24, 2.45) is 0 Å². The molecule has 2 N–H and O–H groups in total. The summed E-state index contributed by atoms with van der Waals surface area (Å²) in [5.74, 6) is 0.181. The van der Waals surface area contributed by atoms with E-state index in [1.165, 1.54) is 19.1 Å². The third-order valence-corrected chi connectivity index (χ3v) is 5.32. The molecule has 0 saturated heterocycles. The maximum Gasteiger partial charge on any atom is 0.240 e. The number of carbonyl (C=O) groups excluding carboxylic acids is 1. The van der Waals surface area contributed by atoms with E-state index >= 15 is 0 Å². The van der Waals surface area contributed by atoms with E-state index in [2.05, 4.69) is 10.0 Å². The molecule has 1 saturated carbocycles. The van der Waals surface area contributed by atoms with Crippen molar-refractivity contribution in [3.05, 3.63) is 18.2 Å². The number of hydrogen-bond acceptors (Lipinski definition) is 4. The number of amides is 1. The second-order valence-corrected chi connectivity index (χ2v) is 7.44. The largest absolute Gasteiger partial charge is 0.492 e. The summed E-state index contributed by atoms with van der Waals surface area (Å²) in [6.45, 7) is 3.63. The fourth-order valence-corrected chi connectivity index (χ4v) is 4.08. The molecule has 1 aromatic carbocycles. The van der Waals surface area contributed by atoms with Gasteiger partial charge in [0.2, 0.25) is 15.9 Å². The van der Waals surface area contributed by atoms with E-state index in [0.717, 1.165) is 32.1 Å². The molecule has 1 aliphatic carbocycles. The lowest BCUT2D eigenvalue weighted by Crippen LogP contribution is -2.36. The van der Waals surface area contributed by atoms with E-state index in [4.69, 9.17) is 4.74 Å². The van der Waals surface area contributed by atoms with Crippen molar-refractivity contribution < 1.29 is 17.9 Å². The van der Waals surface area contributed by atoms with Gasteiger partial charge >= 0.3 is 0 Å². The van der Waals surface area contributed by atoms with Crippen LogP contribution in [0.1, 0.15) is 46.0 Å². The Bertz CT molecular complexity index is 652. The number of anilines is 1. The van der Waals surface area contributed by atoms with Gasteiger partial charge in [0, 0.05) is 13.0 Å². The SMILES string of the molecule is CCOc1ccc(S(=O)(=O)NC2CCCCC2)cc1NC(C)=O. The van der Waals surface area contributed by atoms with E-state index < -0.39 is 10.0 Å². The molecule has 0 atom stereocenters. The lowest BCUT2D eigenvalue weighted by atomic mass is 9.96. The summed E-state index contributed by atoms with van der Waals surface area (Å²) in [7, 11) is -3.61. The van der Waals surface area contributed by atoms with Crippen molar-refractivity contribution in [2.45, 2.75) is 56.9 Å². The van der Waals surface area contributed by atoms with Gasteiger partial charge in [-0.2, -0.15) is 0 Å². The maximum atomic E-state index is 12.5. The second-order valence-electron chi connectivity index (χ2n) is 5.73. The zero-order valence-corrected chi connectivity index (χ0v) is 14.4. The zero-order chi connectivity index (χ0) is 16.9. The minimum absolute atomic E-state index is 0.00969. The lowest BCUT2D eigenvalue weighted by molar-refractivity contribution is -0.114. The van der Waals surface area contributed by atoms with Gasteiger partial charge in [-0.15, -0.1) is 0 Å². The number of sulfonamides is 1. The summed E-state index contributed by atoms with van der Waals surface area (Å²) < 4.78 is 33.3. The molecule has 0 aliphatic heterocycles. The summed E-state index contributed by atoms with van der Waals surface area (Å²) >= 11 is 0. The molecule has 0 bridgehead atoms. The summed E-state index contributed by atoms with van der Waals surface area (Å²) in [6.07, 6.45) is 5.00. The Morgan fingerprint density at radius 2 is 1.96 bits per heavy atom. The standard InChI is InChI=1S/C16H24N2O4S/c1-3-22-16-10-9-14(11-15(16)17-12(2)19)23(20,21)18-13-7-5-4-6-8-13/h9-11,13,18H,3-8H2,1-2H3,(H,17,19). The molecule has 1 aliphatic rings. The number of benzene rings is 1. The van der Waals surface area contributed by atoms with Crippen molar-refractivity contribution >= 4 is 21.6 Å². The normalized spacial score (nSPS) is 16.1. The fraction of sp³-hybridized carbons (Fsp3) is 0.562. The Hall–Kier alpha value is -1.60. The summed E-state index contributed by atoms with van der Waals surface area (Å²) in [6, 6.07) is 4.51. The van der Waals surface area contributed by atoms with Crippen molar-refractivity contribution in [3.8, 4) is 5.75 Å². The molecule has 1 aromatic rings. The molecule has 0 aromatic heterocycles. The third kappa shape index (κ3) is 4.94. The van der Waals surface area contributed by atoms with Crippen LogP contribution in [-0.4, -0.2) is 27.0 Å². The molecule has 1 amide bonds. The van der Waals surface area contributed by atoms with E-state index in [9.17, 15) is 13.2 Å².